The summed E-state index contributed by atoms with van der Waals surface area (Å²) < 4.78 is 5.28. The van der Waals surface area contributed by atoms with Crippen molar-refractivity contribution in [2.24, 2.45) is 0 Å². The molecule has 2 N–H and O–H groups in total. The molecule has 0 unspecified atom stereocenters. The predicted octanol–water partition coefficient (Wildman–Crippen LogP) is 5.91. The van der Waals surface area contributed by atoms with Gasteiger partial charge in [0.1, 0.15) is 5.76 Å². The highest BCUT2D eigenvalue weighted by Gasteiger charge is 2.22. The van der Waals surface area contributed by atoms with Gasteiger partial charge in [-0.2, -0.15) is 0 Å². The summed E-state index contributed by atoms with van der Waals surface area (Å²) in [6.07, 6.45) is 3.80. The van der Waals surface area contributed by atoms with Crippen LogP contribution in [0, 0.1) is 0 Å². The highest BCUT2D eigenvalue weighted by Crippen LogP contribution is 2.35. The number of amides is 1. The molecule has 6 heteroatoms. The minimum atomic E-state index is -0.164. The van der Waals surface area contributed by atoms with Crippen LogP contribution in [-0.4, -0.2) is 10.9 Å². The molecule has 0 aliphatic rings. The molecule has 4 rings (SSSR count). The largest absolute Gasteiger partial charge is 0.467 e. The quantitative estimate of drug-likeness (QED) is 0.413. The van der Waals surface area contributed by atoms with Crippen molar-refractivity contribution < 1.29 is 9.21 Å². The van der Waals surface area contributed by atoms with Gasteiger partial charge in [-0.25, -0.2) is 0 Å². The fraction of sp³-hybridized carbons (Fsp3) is 0.136. The number of benzene rings is 2. The molecular weight excluding hydrogens is 395 g/mol. The van der Waals surface area contributed by atoms with E-state index >= 15 is 0 Å². The molecule has 28 heavy (non-hydrogen) atoms. The Labute approximate surface area is 172 Å². The minimum absolute atomic E-state index is 0.0715. The summed E-state index contributed by atoms with van der Waals surface area (Å²) in [5.74, 6) is 0.479. The Morgan fingerprint density at radius 1 is 1.07 bits per heavy atom. The maximum atomic E-state index is 12.7. The molecule has 4 aromatic rings. The van der Waals surface area contributed by atoms with Gasteiger partial charge in [-0.05, 0) is 53.6 Å². The van der Waals surface area contributed by atoms with Crippen molar-refractivity contribution in [1.29, 1.82) is 0 Å². The predicted molar refractivity (Wildman–Crippen MR) is 112 cm³/mol. The van der Waals surface area contributed by atoms with Crippen LogP contribution < -0.4 is 5.32 Å². The number of aromatic amines is 1. The van der Waals surface area contributed by atoms with Crippen LogP contribution >= 0.6 is 23.2 Å². The molecule has 0 spiro atoms. The maximum Gasteiger partial charge on any atom is 0.221 e. The Hall–Kier alpha value is -2.69. The van der Waals surface area contributed by atoms with Gasteiger partial charge in [-0.1, -0.05) is 35.3 Å². The molecule has 2 aromatic carbocycles. The molecule has 0 saturated heterocycles. The lowest BCUT2D eigenvalue weighted by Crippen LogP contribution is -2.24. The van der Waals surface area contributed by atoms with Crippen LogP contribution in [0.3, 0.4) is 0 Å². The van der Waals surface area contributed by atoms with Crippen LogP contribution in [0.2, 0.25) is 10.0 Å². The van der Waals surface area contributed by atoms with Crippen LogP contribution in [0.1, 0.15) is 29.2 Å². The van der Waals surface area contributed by atoms with E-state index in [4.69, 9.17) is 27.6 Å². The number of rotatable bonds is 6. The van der Waals surface area contributed by atoms with E-state index in [1.54, 1.807) is 12.3 Å². The minimum Gasteiger partial charge on any atom is -0.467 e. The van der Waals surface area contributed by atoms with Crippen molar-refractivity contribution in [3.05, 3.63) is 94.0 Å². The van der Waals surface area contributed by atoms with Gasteiger partial charge in [0.15, 0.2) is 0 Å². The van der Waals surface area contributed by atoms with Crippen LogP contribution in [-0.2, 0) is 11.3 Å². The highest BCUT2D eigenvalue weighted by atomic mass is 35.5. The normalized spacial score (nSPS) is 12.2. The third kappa shape index (κ3) is 4.08. The molecule has 1 amide bonds. The Bertz CT molecular complexity index is 1100. The molecule has 0 bridgehead atoms. The molecule has 142 valence electrons. The highest BCUT2D eigenvalue weighted by molar-refractivity contribution is 6.31. The third-order valence-electron chi connectivity index (χ3n) is 4.73. The zero-order valence-corrected chi connectivity index (χ0v) is 16.4. The number of fused-ring (bicyclic) bond motifs is 1. The van der Waals surface area contributed by atoms with E-state index < -0.39 is 0 Å². The second kappa shape index (κ2) is 8.13. The zero-order valence-electron chi connectivity index (χ0n) is 14.9. The van der Waals surface area contributed by atoms with Crippen LogP contribution in [0.4, 0.5) is 0 Å². The lowest BCUT2D eigenvalue weighted by Gasteiger charge is -2.17. The first kappa shape index (κ1) is 18.7. The van der Waals surface area contributed by atoms with E-state index in [0.29, 0.717) is 22.4 Å². The molecule has 4 nitrogen and oxygen atoms in total. The van der Waals surface area contributed by atoms with Gasteiger partial charge >= 0.3 is 0 Å². The number of hydrogen-bond acceptors (Lipinski definition) is 2. The van der Waals surface area contributed by atoms with E-state index in [2.05, 4.69) is 10.3 Å². The molecule has 0 aliphatic carbocycles. The Kier molecular flexibility index (Phi) is 5.42. The van der Waals surface area contributed by atoms with Gasteiger partial charge in [-0.3, -0.25) is 4.79 Å². The summed E-state index contributed by atoms with van der Waals surface area (Å²) >= 11 is 12.4. The van der Waals surface area contributed by atoms with Crippen LogP contribution in [0.25, 0.3) is 10.9 Å². The molecule has 0 aliphatic heterocycles. The van der Waals surface area contributed by atoms with Crippen molar-refractivity contribution in [1.82, 2.24) is 10.3 Å². The SMILES string of the molecule is O=C(C[C@H](c1cccc(Cl)c1)c1c[nH]c2ccc(Cl)cc12)NCc1ccco1. The standard InChI is InChI=1S/C22H18Cl2N2O2/c23-15-4-1-3-14(9-15)18(11-22(27)26-12-17-5-2-8-28-17)20-13-25-21-7-6-16(24)10-19(20)21/h1-10,13,18,25H,11-12H2,(H,26,27)/t18-/m1/s1. The van der Waals surface area contributed by atoms with Gasteiger partial charge in [-0.15, -0.1) is 0 Å². The maximum absolute atomic E-state index is 12.7. The van der Waals surface area contributed by atoms with Crippen molar-refractivity contribution in [3.8, 4) is 0 Å². The molecule has 0 fully saturated rings. The molecule has 0 saturated carbocycles. The van der Waals surface area contributed by atoms with Gasteiger partial charge in [0.25, 0.3) is 0 Å². The van der Waals surface area contributed by atoms with E-state index in [1.807, 2.05) is 54.7 Å². The number of carbonyl (C=O) groups excluding carboxylic acids is 1. The van der Waals surface area contributed by atoms with E-state index in [1.165, 1.54) is 0 Å². The summed E-state index contributed by atoms with van der Waals surface area (Å²) in [6, 6.07) is 16.9. The number of nitrogens with one attached hydrogen (secondary N) is 2. The van der Waals surface area contributed by atoms with Gasteiger partial charge < -0.3 is 14.7 Å². The molecular formula is C22H18Cl2N2O2. The number of H-pyrrole nitrogens is 1. The second-order valence-corrected chi connectivity index (χ2v) is 7.47. The average molecular weight is 413 g/mol. The van der Waals surface area contributed by atoms with Gasteiger partial charge in [0.05, 0.1) is 12.8 Å². The van der Waals surface area contributed by atoms with Gasteiger partial charge in [0.2, 0.25) is 5.91 Å². The monoisotopic (exact) mass is 412 g/mol. The number of furan rings is 1. The second-order valence-electron chi connectivity index (χ2n) is 6.60. The van der Waals surface area contributed by atoms with Crippen molar-refractivity contribution in [2.45, 2.75) is 18.9 Å². The summed E-state index contributed by atoms with van der Waals surface area (Å²) in [4.78, 5) is 16.0. The third-order valence-corrected chi connectivity index (χ3v) is 5.20. The summed E-state index contributed by atoms with van der Waals surface area (Å²) in [7, 11) is 0. The molecule has 1 atom stereocenters. The van der Waals surface area contributed by atoms with Crippen molar-refractivity contribution >= 4 is 40.0 Å². The summed E-state index contributed by atoms with van der Waals surface area (Å²) in [5.41, 5.74) is 2.96. The number of hydrogen-bond donors (Lipinski definition) is 2. The van der Waals surface area contributed by atoms with Crippen LogP contribution in [0.15, 0.2) is 71.5 Å². The Morgan fingerprint density at radius 3 is 2.71 bits per heavy atom. The first-order valence-electron chi connectivity index (χ1n) is 8.91. The summed E-state index contributed by atoms with van der Waals surface area (Å²) in [5, 5.41) is 5.20. The molecule has 2 aromatic heterocycles. The Morgan fingerprint density at radius 2 is 1.93 bits per heavy atom. The summed E-state index contributed by atoms with van der Waals surface area (Å²) in [6.45, 7) is 0.355. The Balaban J connectivity index is 1.65. The topological polar surface area (TPSA) is 58.0 Å². The first-order chi connectivity index (χ1) is 13.6. The number of aromatic nitrogens is 1. The zero-order chi connectivity index (χ0) is 19.5. The molecule has 0 radical (unpaired) electrons. The van der Waals surface area contributed by atoms with E-state index in [9.17, 15) is 4.79 Å². The van der Waals surface area contributed by atoms with Crippen molar-refractivity contribution in [2.75, 3.05) is 0 Å². The van der Waals surface area contributed by atoms with Gasteiger partial charge in [0, 0.05) is 39.5 Å². The lowest BCUT2D eigenvalue weighted by molar-refractivity contribution is -0.121. The number of carbonyl (C=O) groups is 1. The van der Waals surface area contributed by atoms with Crippen molar-refractivity contribution in [3.63, 3.8) is 0 Å². The van der Waals surface area contributed by atoms with E-state index in [-0.39, 0.29) is 18.2 Å². The number of halogens is 2. The van der Waals surface area contributed by atoms with Crippen LogP contribution in [0.5, 0.6) is 0 Å². The smallest absolute Gasteiger partial charge is 0.221 e. The average Bonchev–Trinajstić information content (AvgIpc) is 3.34. The first-order valence-corrected chi connectivity index (χ1v) is 9.67. The lowest BCUT2D eigenvalue weighted by atomic mass is 9.88. The fourth-order valence-electron chi connectivity index (χ4n) is 3.39. The molecule has 2 heterocycles. The van der Waals surface area contributed by atoms with E-state index in [0.717, 1.165) is 22.0 Å². The fourth-order valence-corrected chi connectivity index (χ4v) is 3.76.